The third-order valence-corrected chi connectivity index (χ3v) is 5.14. The summed E-state index contributed by atoms with van der Waals surface area (Å²) in [6.45, 7) is 3.78. The topological polar surface area (TPSA) is 108 Å². The van der Waals surface area contributed by atoms with Crippen LogP contribution in [-0.4, -0.2) is 38.7 Å². The van der Waals surface area contributed by atoms with E-state index in [0.29, 0.717) is 22.8 Å². The lowest BCUT2D eigenvalue weighted by Crippen LogP contribution is -2.08. The van der Waals surface area contributed by atoms with Crippen LogP contribution in [0.1, 0.15) is 19.4 Å². The van der Waals surface area contributed by atoms with Crippen LogP contribution in [0.5, 0.6) is 34.5 Å². The van der Waals surface area contributed by atoms with Gasteiger partial charge in [-0.2, -0.15) is 0 Å². The summed E-state index contributed by atoms with van der Waals surface area (Å²) < 4.78 is 27.1. The van der Waals surface area contributed by atoms with Gasteiger partial charge in [0.25, 0.3) is 0 Å². The van der Waals surface area contributed by atoms with Gasteiger partial charge in [-0.05, 0) is 26.3 Å². The van der Waals surface area contributed by atoms with Crippen molar-refractivity contribution in [3.63, 3.8) is 0 Å². The summed E-state index contributed by atoms with van der Waals surface area (Å²) in [5.74, 6) is 0.485. The molecule has 0 bridgehead atoms. The molecule has 3 rings (SSSR count). The first-order valence-electron chi connectivity index (χ1n) is 9.78. The van der Waals surface area contributed by atoms with Crippen LogP contribution in [0, 0.1) is 0 Å². The lowest BCUT2D eigenvalue weighted by Gasteiger charge is -2.16. The molecule has 0 spiro atoms. The van der Waals surface area contributed by atoms with Crippen LogP contribution in [0.15, 0.2) is 39.3 Å². The molecule has 0 saturated carbocycles. The zero-order chi connectivity index (χ0) is 23.6. The molecule has 0 unspecified atom stereocenters. The number of allylic oxidation sites excluding steroid dienone is 2. The molecule has 32 heavy (non-hydrogen) atoms. The molecule has 0 aliphatic heterocycles. The molecule has 8 nitrogen and oxygen atoms in total. The maximum atomic E-state index is 13.5. The Morgan fingerprint density at radius 1 is 0.906 bits per heavy atom. The maximum absolute atomic E-state index is 13.5. The van der Waals surface area contributed by atoms with Gasteiger partial charge < -0.3 is 33.6 Å². The molecule has 1 aromatic heterocycles. The minimum atomic E-state index is -0.522. The van der Waals surface area contributed by atoms with E-state index in [4.69, 9.17) is 23.4 Å². The highest BCUT2D eigenvalue weighted by Gasteiger charge is 2.26. The average Bonchev–Trinajstić information content (AvgIpc) is 2.78. The Morgan fingerprint density at radius 3 is 2.09 bits per heavy atom. The van der Waals surface area contributed by atoms with Gasteiger partial charge in [0, 0.05) is 17.2 Å². The second kappa shape index (κ2) is 9.13. The third-order valence-electron chi connectivity index (χ3n) is 5.14. The van der Waals surface area contributed by atoms with Crippen LogP contribution in [0.2, 0.25) is 0 Å². The number of fused-ring (bicyclic) bond motifs is 1. The number of phenols is 2. The van der Waals surface area contributed by atoms with Crippen LogP contribution in [0.3, 0.4) is 0 Å². The van der Waals surface area contributed by atoms with Crippen LogP contribution < -0.4 is 24.4 Å². The van der Waals surface area contributed by atoms with Gasteiger partial charge >= 0.3 is 0 Å². The quantitative estimate of drug-likeness (QED) is 0.518. The van der Waals surface area contributed by atoms with E-state index in [1.54, 1.807) is 12.1 Å². The summed E-state index contributed by atoms with van der Waals surface area (Å²) in [7, 11) is 5.78. The first-order chi connectivity index (χ1) is 15.3. The summed E-state index contributed by atoms with van der Waals surface area (Å²) >= 11 is 0. The molecule has 0 saturated heterocycles. The van der Waals surface area contributed by atoms with Gasteiger partial charge in [-0.25, -0.2) is 0 Å². The standard InChI is InChI=1S/C24H26O8/c1-12(2)7-8-13-20(25)19-21(26)15(11-32-23(19)24(31-6)22(13)27)14-9-17(29-4)18(30-5)10-16(14)28-3/h7,9-11,25,27H,8H2,1-6H3. The highest BCUT2D eigenvalue weighted by Crippen LogP contribution is 2.45. The Hall–Kier alpha value is -3.81. The number of methoxy groups -OCH3 is 4. The number of phenolic OH excluding ortho intramolecular Hbond substituents is 2. The van der Waals surface area contributed by atoms with Crippen molar-refractivity contribution in [2.24, 2.45) is 0 Å². The van der Waals surface area contributed by atoms with Gasteiger partial charge in [0.1, 0.15) is 23.1 Å². The van der Waals surface area contributed by atoms with Gasteiger partial charge in [-0.3, -0.25) is 4.79 Å². The molecule has 1 heterocycles. The fourth-order valence-electron chi connectivity index (χ4n) is 3.47. The second-order valence-corrected chi connectivity index (χ2v) is 7.28. The first-order valence-corrected chi connectivity index (χ1v) is 9.78. The number of hydrogen-bond acceptors (Lipinski definition) is 8. The highest BCUT2D eigenvalue weighted by atomic mass is 16.5. The van der Waals surface area contributed by atoms with Crippen molar-refractivity contribution < 1.29 is 33.6 Å². The monoisotopic (exact) mass is 442 g/mol. The average molecular weight is 442 g/mol. The van der Waals surface area contributed by atoms with Crippen molar-refractivity contribution in [1.82, 2.24) is 0 Å². The van der Waals surface area contributed by atoms with Crippen LogP contribution in [0.4, 0.5) is 0 Å². The minimum absolute atomic E-state index is 0.0297. The Bertz CT molecular complexity index is 1250. The molecule has 2 aromatic carbocycles. The van der Waals surface area contributed by atoms with Gasteiger partial charge in [-0.15, -0.1) is 0 Å². The predicted octanol–water partition coefficient (Wildman–Crippen LogP) is 4.41. The van der Waals surface area contributed by atoms with Crippen molar-refractivity contribution >= 4 is 11.0 Å². The molecule has 2 N–H and O–H groups in total. The molecule has 0 aliphatic carbocycles. The van der Waals surface area contributed by atoms with Crippen LogP contribution >= 0.6 is 0 Å². The number of aromatic hydroxyl groups is 2. The molecule has 0 amide bonds. The molecule has 3 aromatic rings. The van der Waals surface area contributed by atoms with Crippen LogP contribution in [-0.2, 0) is 6.42 Å². The Labute approximate surface area is 185 Å². The van der Waals surface area contributed by atoms with E-state index in [1.165, 1.54) is 34.7 Å². The van der Waals surface area contributed by atoms with E-state index in [9.17, 15) is 15.0 Å². The van der Waals surface area contributed by atoms with Crippen LogP contribution in [0.25, 0.3) is 22.1 Å². The van der Waals surface area contributed by atoms with E-state index < -0.39 is 5.43 Å². The summed E-state index contributed by atoms with van der Waals surface area (Å²) in [6.07, 6.45) is 3.25. The fraction of sp³-hybridized carbons (Fsp3) is 0.292. The minimum Gasteiger partial charge on any atom is -0.507 e. The molecule has 0 aliphatic rings. The Morgan fingerprint density at radius 2 is 1.53 bits per heavy atom. The van der Waals surface area contributed by atoms with E-state index in [2.05, 4.69) is 0 Å². The van der Waals surface area contributed by atoms with E-state index in [-0.39, 0.29) is 45.8 Å². The van der Waals surface area contributed by atoms with Gasteiger partial charge in [-0.1, -0.05) is 11.6 Å². The van der Waals surface area contributed by atoms with Crippen molar-refractivity contribution in [3.8, 4) is 45.6 Å². The molecule has 8 heteroatoms. The van der Waals surface area contributed by atoms with E-state index >= 15 is 0 Å². The fourth-order valence-corrected chi connectivity index (χ4v) is 3.47. The molecular weight excluding hydrogens is 416 g/mol. The molecular formula is C24H26O8. The summed E-state index contributed by atoms with van der Waals surface area (Å²) in [5.41, 5.74) is 1.09. The van der Waals surface area contributed by atoms with Gasteiger partial charge in [0.05, 0.1) is 34.0 Å². The highest BCUT2D eigenvalue weighted by molar-refractivity contribution is 5.95. The Kier molecular flexibility index (Phi) is 6.53. The second-order valence-electron chi connectivity index (χ2n) is 7.28. The number of hydrogen-bond donors (Lipinski definition) is 2. The van der Waals surface area contributed by atoms with E-state index in [1.807, 2.05) is 19.9 Å². The largest absolute Gasteiger partial charge is 0.507 e. The summed E-state index contributed by atoms with van der Waals surface area (Å²) in [6, 6.07) is 3.18. The molecule has 0 atom stereocenters. The zero-order valence-corrected chi connectivity index (χ0v) is 18.9. The first kappa shape index (κ1) is 22.9. The Balaban J connectivity index is 2.39. The van der Waals surface area contributed by atoms with E-state index in [0.717, 1.165) is 5.57 Å². The number of ether oxygens (including phenoxy) is 4. The van der Waals surface area contributed by atoms with Crippen molar-refractivity contribution in [1.29, 1.82) is 0 Å². The number of rotatable bonds is 7. The van der Waals surface area contributed by atoms with Gasteiger partial charge in [0.2, 0.25) is 11.2 Å². The van der Waals surface area contributed by atoms with Crippen molar-refractivity contribution in [2.75, 3.05) is 28.4 Å². The zero-order valence-electron chi connectivity index (χ0n) is 18.9. The summed E-state index contributed by atoms with van der Waals surface area (Å²) in [4.78, 5) is 13.5. The normalized spacial score (nSPS) is 10.7. The lowest BCUT2D eigenvalue weighted by atomic mass is 9.99. The third kappa shape index (κ3) is 3.79. The molecule has 0 fully saturated rings. The number of benzene rings is 2. The predicted molar refractivity (Wildman–Crippen MR) is 121 cm³/mol. The lowest BCUT2D eigenvalue weighted by molar-refractivity contribution is 0.349. The molecule has 170 valence electrons. The van der Waals surface area contributed by atoms with Gasteiger partial charge in [0.15, 0.2) is 22.8 Å². The smallest absolute Gasteiger partial charge is 0.205 e. The SMILES string of the molecule is COc1cc(OC)c(-c2coc3c(OC)c(O)c(CC=C(C)C)c(O)c3c2=O)cc1OC. The van der Waals surface area contributed by atoms with Crippen molar-refractivity contribution in [3.05, 3.63) is 45.8 Å². The maximum Gasteiger partial charge on any atom is 0.205 e. The van der Waals surface area contributed by atoms with Crippen molar-refractivity contribution in [2.45, 2.75) is 20.3 Å². The molecule has 0 radical (unpaired) electrons. The summed E-state index contributed by atoms with van der Waals surface area (Å²) in [5, 5.41) is 21.5.